The summed E-state index contributed by atoms with van der Waals surface area (Å²) in [6, 6.07) is 0. The average molecular weight is 211 g/mol. The van der Waals surface area contributed by atoms with Crippen LogP contribution in [0.2, 0.25) is 0 Å². The molecule has 0 heterocycles. The van der Waals surface area contributed by atoms with E-state index in [1.165, 1.54) is 0 Å². The average Bonchev–Trinajstić information content (AvgIpc) is 1.65. The summed E-state index contributed by atoms with van der Waals surface area (Å²) in [6.07, 6.45) is 0. The van der Waals surface area contributed by atoms with Crippen molar-refractivity contribution < 1.29 is 128 Å². The zero-order valence-corrected chi connectivity index (χ0v) is 16.9. The SMILES string of the molecule is CC(=O)[O-].NCCN.[Na+].[Na+].[Na+].[Na+]. The van der Waals surface area contributed by atoms with Gasteiger partial charge < -0.3 is 21.4 Å². The van der Waals surface area contributed by atoms with E-state index in [1.54, 1.807) is 0 Å². The molecular weight excluding hydrogens is 200 g/mol. The fourth-order valence-corrected chi connectivity index (χ4v) is 0. The molecule has 50 valence electrons. The van der Waals surface area contributed by atoms with Crippen molar-refractivity contribution >= 4 is 5.97 Å². The maximum atomic E-state index is 8.89. The van der Waals surface area contributed by atoms with Gasteiger partial charge in [-0.1, -0.05) is 0 Å². The first-order valence-electron chi connectivity index (χ1n) is 2.22. The molecule has 0 spiro atoms. The number of hydrogen-bond acceptors (Lipinski definition) is 4. The van der Waals surface area contributed by atoms with Gasteiger partial charge in [0, 0.05) is 19.1 Å². The normalized spacial score (nSPS) is 4.58. The minimum Gasteiger partial charge on any atom is -0.550 e. The predicted molar refractivity (Wildman–Crippen MR) is 28.8 cm³/mol. The van der Waals surface area contributed by atoms with Gasteiger partial charge in [-0.15, -0.1) is 0 Å². The Labute approximate surface area is 162 Å². The molecule has 0 aromatic heterocycles. The summed E-state index contributed by atoms with van der Waals surface area (Å²) in [6.45, 7) is 2.17. The molecule has 0 fully saturated rings. The van der Waals surface area contributed by atoms with Crippen LogP contribution in [-0.4, -0.2) is 19.1 Å². The molecule has 0 rings (SSSR count). The summed E-state index contributed by atoms with van der Waals surface area (Å²) in [4.78, 5) is 8.89. The Morgan fingerprint density at radius 1 is 1.08 bits per heavy atom. The van der Waals surface area contributed by atoms with E-state index in [0.29, 0.717) is 13.1 Å². The largest absolute Gasteiger partial charge is 1.00 e. The van der Waals surface area contributed by atoms with Crippen molar-refractivity contribution in [1.82, 2.24) is 0 Å². The van der Waals surface area contributed by atoms with E-state index in [2.05, 4.69) is 0 Å². The third-order valence-electron chi connectivity index (χ3n) is 0.167. The molecule has 8 heteroatoms. The van der Waals surface area contributed by atoms with Gasteiger partial charge in [0.2, 0.25) is 0 Å². The predicted octanol–water partition coefficient (Wildman–Crippen LogP) is -14.3. The number of aliphatic carboxylic acids is 1. The first kappa shape index (κ1) is 36.1. The van der Waals surface area contributed by atoms with Gasteiger partial charge in [-0.05, 0) is 6.92 Å². The zero-order valence-electron chi connectivity index (χ0n) is 8.89. The van der Waals surface area contributed by atoms with Crippen LogP contribution in [-0.2, 0) is 4.79 Å². The van der Waals surface area contributed by atoms with Crippen LogP contribution in [0.25, 0.3) is 0 Å². The molecule has 0 atom stereocenters. The Morgan fingerprint density at radius 2 is 1.17 bits per heavy atom. The molecular formula is C4H11N2Na4O2+3. The summed E-state index contributed by atoms with van der Waals surface area (Å²) < 4.78 is 0. The van der Waals surface area contributed by atoms with Crippen molar-refractivity contribution in [1.29, 1.82) is 0 Å². The van der Waals surface area contributed by atoms with Crippen molar-refractivity contribution in [3.05, 3.63) is 0 Å². The monoisotopic (exact) mass is 211 g/mol. The second kappa shape index (κ2) is 36.7. The quantitative estimate of drug-likeness (QED) is 0.421. The van der Waals surface area contributed by atoms with E-state index < -0.39 is 5.97 Å². The summed E-state index contributed by atoms with van der Waals surface area (Å²) >= 11 is 0. The van der Waals surface area contributed by atoms with E-state index in [9.17, 15) is 0 Å². The van der Waals surface area contributed by atoms with Gasteiger partial charge in [-0.25, -0.2) is 0 Å². The van der Waals surface area contributed by atoms with Crippen molar-refractivity contribution in [3.63, 3.8) is 0 Å². The van der Waals surface area contributed by atoms with Crippen LogP contribution in [0.4, 0.5) is 0 Å². The number of carbonyl (C=O) groups excluding carboxylic acids is 1. The van der Waals surface area contributed by atoms with Gasteiger partial charge in [-0.3, -0.25) is 0 Å². The Morgan fingerprint density at radius 3 is 1.17 bits per heavy atom. The Kier molecular flexibility index (Phi) is 110. The molecule has 0 amide bonds. The summed E-state index contributed by atoms with van der Waals surface area (Å²) in [5.74, 6) is -1.08. The molecule has 0 saturated heterocycles. The molecule has 12 heavy (non-hydrogen) atoms. The van der Waals surface area contributed by atoms with Gasteiger partial charge in [-0.2, -0.15) is 0 Å². The van der Waals surface area contributed by atoms with Crippen LogP contribution >= 0.6 is 0 Å². The Balaban J connectivity index is -0.0000000112. The number of carboxylic acid groups (broad SMARTS) is 1. The minimum absolute atomic E-state index is 0. The number of nitrogens with two attached hydrogens (primary N) is 2. The van der Waals surface area contributed by atoms with E-state index in [-0.39, 0.29) is 118 Å². The first-order valence-corrected chi connectivity index (χ1v) is 2.22. The van der Waals surface area contributed by atoms with E-state index >= 15 is 0 Å². The van der Waals surface area contributed by atoms with Crippen LogP contribution in [0.3, 0.4) is 0 Å². The van der Waals surface area contributed by atoms with Crippen LogP contribution in [0, 0.1) is 0 Å². The summed E-state index contributed by atoms with van der Waals surface area (Å²) in [7, 11) is 0. The molecule has 0 aliphatic carbocycles. The van der Waals surface area contributed by atoms with Crippen LogP contribution in [0.5, 0.6) is 0 Å². The molecule has 0 unspecified atom stereocenters. The topological polar surface area (TPSA) is 92.2 Å². The molecule has 4 nitrogen and oxygen atoms in total. The van der Waals surface area contributed by atoms with Gasteiger partial charge in [0.05, 0.1) is 0 Å². The van der Waals surface area contributed by atoms with E-state index in [4.69, 9.17) is 21.4 Å². The summed E-state index contributed by atoms with van der Waals surface area (Å²) in [5, 5.41) is 8.89. The second-order valence-corrected chi connectivity index (χ2v) is 1.07. The maximum absolute atomic E-state index is 8.89. The van der Waals surface area contributed by atoms with Gasteiger partial charge >= 0.3 is 118 Å². The van der Waals surface area contributed by atoms with Crippen LogP contribution < -0.4 is 135 Å². The Hall–Kier alpha value is 3.39. The molecule has 0 aliphatic rings. The number of hydrogen-bond donors (Lipinski definition) is 2. The fourth-order valence-electron chi connectivity index (χ4n) is 0. The van der Waals surface area contributed by atoms with Crippen molar-refractivity contribution in [3.8, 4) is 0 Å². The first-order chi connectivity index (χ1) is 3.65. The molecule has 4 N–H and O–H groups in total. The fraction of sp³-hybridized carbons (Fsp3) is 0.750. The molecule has 0 radical (unpaired) electrons. The van der Waals surface area contributed by atoms with Crippen molar-refractivity contribution in [2.75, 3.05) is 13.1 Å². The van der Waals surface area contributed by atoms with Crippen LogP contribution in [0.15, 0.2) is 0 Å². The van der Waals surface area contributed by atoms with Gasteiger partial charge in [0.15, 0.2) is 0 Å². The van der Waals surface area contributed by atoms with E-state index in [1.807, 2.05) is 0 Å². The smallest absolute Gasteiger partial charge is 0.550 e. The molecule has 0 aliphatic heterocycles. The Bertz CT molecular complexity index is 61.0. The number of rotatable bonds is 1. The third-order valence-corrected chi connectivity index (χ3v) is 0.167. The molecule has 0 aromatic rings. The third kappa shape index (κ3) is 107. The zero-order chi connectivity index (χ0) is 6.99. The summed E-state index contributed by atoms with van der Waals surface area (Å²) in [5.41, 5.74) is 9.81. The molecule has 0 saturated carbocycles. The van der Waals surface area contributed by atoms with E-state index in [0.717, 1.165) is 6.92 Å². The second-order valence-electron chi connectivity index (χ2n) is 1.07. The minimum atomic E-state index is -1.08. The van der Waals surface area contributed by atoms with Crippen molar-refractivity contribution in [2.45, 2.75) is 6.92 Å². The molecule has 0 bridgehead atoms. The maximum Gasteiger partial charge on any atom is 1.00 e. The number of carbonyl (C=O) groups is 1. The van der Waals surface area contributed by atoms with Gasteiger partial charge in [0.1, 0.15) is 0 Å². The standard InChI is InChI=1S/C2H8N2.C2H4O2.4Na/c3-1-2-4;1-2(3)4;;;;/h1-4H2;1H3,(H,3,4);;;;/q;;4*+1/p-1. The number of carboxylic acids is 1. The van der Waals surface area contributed by atoms with Crippen LogP contribution in [0.1, 0.15) is 6.92 Å². The van der Waals surface area contributed by atoms with Gasteiger partial charge in [0.25, 0.3) is 0 Å². The molecule has 0 aromatic carbocycles. The van der Waals surface area contributed by atoms with Crippen molar-refractivity contribution in [2.24, 2.45) is 11.5 Å².